The fraction of sp³-hybridized carbons (Fsp3) is 0.688. The molecule has 3 nitrogen and oxygen atoms in total. The van der Waals surface area contributed by atoms with Crippen LogP contribution in [0.4, 0.5) is 5.82 Å². The van der Waals surface area contributed by atoms with E-state index in [4.69, 9.17) is 0 Å². The Morgan fingerprint density at radius 3 is 2.95 bits per heavy atom. The van der Waals surface area contributed by atoms with E-state index in [1.807, 2.05) is 6.20 Å². The summed E-state index contributed by atoms with van der Waals surface area (Å²) >= 11 is 0. The van der Waals surface area contributed by atoms with Gasteiger partial charge in [-0.3, -0.25) is 4.90 Å². The van der Waals surface area contributed by atoms with Gasteiger partial charge >= 0.3 is 0 Å². The Labute approximate surface area is 116 Å². The molecule has 2 fully saturated rings. The zero-order chi connectivity index (χ0) is 13.2. The van der Waals surface area contributed by atoms with Crippen molar-refractivity contribution in [2.24, 2.45) is 5.92 Å². The zero-order valence-electron chi connectivity index (χ0n) is 12.1. The van der Waals surface area contributed by atoms with Crippen LogP contribution in [-0.2, 0) is 0 Å². The second-order valence-corrected chi connectivity index (χ2v) is 6.41. The zero-order valence-corrected chi connectivity index (χ0v) is 12.1. The first-order chi connectivity index (χ1) is 9.24. The third-order valence-corrected chi connectivity index (χ3v) is 4.08. The fourth-order valence-electron chi connectivity index (χ4n) is 3.09. The highest BCUT2D eigenvalue weighted by Crippen LogP contribution is 2.36. The molecule has 0 bridgehead atoms. The highest BCUT2D eigenvalue weighted by atomic mass is 15.2. The van der Waals surface area contributed by atoms with Crippen molar-refractivity contribution in [3.05, 3.63) is 23.9 Å². The lowest BCUT2D eigenvalue weighted by Gasteiger charge is -2.27. The molecule has 0 unspecified atom stereocenters. The van der Waals surface area contributed by atoms with Gasteiger partial charge in [0, 0.05) is 30.4 Å². The Morgan fingerprint density at radius 2 is 2.21 bits per heavy atom. The van der Waals surface area contributed by atoms with Crippen LogP contribution in [0.2, 0.25) is 0 Å². The van der Waals surface area contributed by atoms with Crippen molar-refractivity contribution in [1.29, 1.82) is 0 Å². The molecule has 19 heavy (non-hydrogen) atoms. The van der Waals surface area contributed by atoms with Crippen LogP contribution >= 0.6 is 0 Å². The first-order valence-corrected chi connectivity index (χ1v) is 7.69. The van der Waals surface area contributed by atoms with Gasteiger partial charge in [0.25, 0.3) is 0 Å². The Balaban J connectivity index is 1.79. The van der Waals surface area contributed by atoms with Gasteiger partial charge in [0.2, 0.25) is 0 Å². The van der Waals surface area contributed by atoms with Gasteiger partial charge in [-0.1, -0.05) is 19.9 Å². The van der Waals surface area contributed by atoms with E-state index in [2.05, 4.69) is 41.2 Å². The normalized spacial score (nSPS) is 24.1. The second kappa shape index (κ2) is 5.49. The Hall–Kier alpha value is -1.09. The van der Waals surface area contributed by atoms with E-state index >= 15 is 0 Å². The Bertz CT molecular complexity index is 426. The first kappa shape index (κ1) is 12.9. The molecule has 0 radical (unpaired) electrons. The van der Waals surface area contributed by atoms with Crippen molar-refractivity contribution in [2.45, 2.75) is 51.6 Å². The van der Waals surface area contributed by atoms with E-state index in [0.29, 0.717) is 12.1 Å². The van der Waals surface area contributed by atoms with E-state index in [9.17, 15) is 0 Å². The topological polar surface area (TPSA) is 28.2 Å². The van der Waals surface area contributed by atoms with E-state index in [0.717, 1.165) is 11.7 Å². The predicted octanol–water partition coefficient (Wildman–Crippen LogP) is 3.45. The minimum Gasteiger partial charge on any atom is -0.367 e. The smallest absolute Gasteiger partial charge is 0.130 e. The van der Waals surface area contributed by atoms with Crippen molar-refractivity contribution in [3.8, 4) is 0 Å². The molecule has 0 aromatic carbocycles. The molecule has 3 rings (SSSR count). The molecule has 104 valence electrons. The summed E-state index contributed by atoms with van der Waals surface area (Å²) in [6.45, 7) is 7.05. The van der Waals surface area contributed by atoms with Gasteiger partial charge in [-0.25, -0.2) is 4.98 Å². The lowest BCUT2D eigenvalue weighted by molar-refractivity contribution is 0.229. The molecule has 1 N–H and O–H groups in total. The summed E-state index contributed by atoms with van der Waals surface area (Å²) in [5.74, 6) is 1.86. The summed E-state index contributed by atoms with van der Waals surface area (Å²) in [5.41, 5.74) is 1.41. The molecular formula is C16H25N3. The van der Waals surface area contributed by atoms with E-state index in [1.165, 1.54) is 44.3 Å². The number of hydrogen-bond donors (Lipinski definition) is 1. The molecule has 0 spiro atoms. The largest absolute Gasteiger partial charge is 0.367 e. The van der Waals surface area contributed by atoms with Crippen molar-refractivity contribution in [1.82, 2.24) is 9.88 Å². The highest BCUT2D eigenvalue weighted by Gasteiger charge is 2.30. The summed E-state index contributed by atoms with van der Waals surface area (Å²) in [6.07, 6.45) is 7.11. The van der Waals surface area contributed by atoms with Gasteiger partial charge in [-0.2, -0.15) is 0 Å². The molecule has 1 aromatic rings. The summed E-state index contributed by atoms with van der Waals surface area (Å²) in [4.78, 5) is 7.22. The average Bonchev–Trinajstić information content (AvgIpc) is 3.08. The molecule has 3 heteroatoms. The maximum Gasteiger partial charge on any atom is 0.130 e. The van der Waals surface area contributed by atoms with Gasteiger partial charge in [0.15, 0.2) is 0 Å². The van der Waals surface area contributed by atoms with Gasteiger partial charge in [0.1, 0.15) is 5.82 Å². The van der Waals surface area contributed by atoms with Crippen molar-refractivity contribution in [2.75, 3.05) is 18.4 Å². The van der Waals surface area contributed by atoms with Crippen LogP contribution < -0.4 is 5.32 Å². The van der Waals surface area contributed by atoms with Crippen LogP contribution in [0, 0.1) is 5.92 Å². The maximum absolute atomic E-state index is 4.58. The van der Waals surface area contributed by atoms with Crippen LogP contribution in [0.3, 0.4) is 0 Å². The van der Waals surface area contributed by atoms with Crippen molar-refractivity contribution < 1.29 is 0 Å². The number of likely N-dealkylation sites (tertiary alicyclic amines) is 1. The minimum absolute atomic E-state index is 0.567. The standard InChI is InChI=1S/C16H25N3/c1-12(2)11-19-10-4-6-15(19)14-5-3-9-17-16(14)18-13-7-8-13/h3,5,9,12-13,15H,4,6-8,10-11H2,1-2H3,(H,17,18)/t15-/m0/s1. The van der Waals surface area contributed by atoms with Crippen LogP contribution in [0.5, 0.6) is 0 Å². The molecule has 1 saturated heterocycles. The molecule has 2 aliphatic rings. The number of rotatable bonds is 5. The highest BCUT2D eigenvalue weighted by molar-refractivity contribution is 5.47. The number of pyridine rings is 1. The molecule has 1 aromatic heterocycles. The molecule has 1 saturated carbocycles. The Kier molecular flexibility index (Phi) is 3.74. The van der Waals surface area contributed by atoms with E-state index in [-0.39, 0.29) is 0 Å². The molecule has 2 heterocycles. The Morgan fingerprint density at radius 1 is 1.37 bits per heavy atom. The lowest BCUT2D eigenvalue weighted by Crippen LogP contribution is -2.28. The van der Waals surface area contributed by atoms with Gasteiger partial charge < -0.3 is 5.32 Å². The molecule has 0 amide bonds. The third-order valence-electron chi connectivity index (χ3n) is 4.08. The average molecular weight is 259 g/mol. The van der Waals surface area contributed by atoms with Crippen molar-refractivity contribution >= 4 is 5.82 Å². The molecule has 1 aliphatic heterocycles. The second-order valence-electron chi connectivity index (χ2n) is 6.41. The number of nitrogens with zero attached hydrogens (tertiary/aromatic N) is 2. The molecule has 1 aliphatic carbocycles. The fourth-order valence-corrected chi connectivity index (χ4v) is 3.09. The number of nitrogens with one attached hydrogen (secondary N) is 1. The van der Waals surface area contributed by atoms with Gasteiger partial charge in [0.05, 0.1) is 0 Å². The van der Waals surface area contributed by atoms with E-state index in [1.54, 1.807) is 0 Å². The van der Waals surface area contributed by atoms with E-state index < -0.39 is 0 Å². The molecular weight excluding hydrogens is 234 g/mol. The summed E-state index contributed by atoms with van der Waals surface area (Å²) in [6, 6.07) is 5.59. The van der Waals surface area contributed by atoms with Gasteiger partial charge in [-0.05, 0) is 44.2 Å². The minimum atomic E-state index is 0.567. The lowest BCUT2D eigenvalue weighted by atomic mass is 10.0. The number of aromatic nitrogens is 1. The SMILES string of the molecule is CC(C)CN1CCC[C@H]1c1cccnc1NC1CC1. The number of hydrogen-bond acceptors (Lipinski definition) is 3. The van der Waals surface area contributed by atoms with Crippen LogP contribution in [0.25, 0.3) is 0 Å². The predicted molar refractivity (Wildman–Crippen MR) is 79.3 cm³/mol. The van der Waals surface area contributed by atoms with Crippen molar-refractivity contribution in [3.63, 3.8) is 0 Å². The summed E-state index contributed by atoms with van der Waals surface area (Å²) in [5, 5.41) is 3.60. The van der Waals surface area contributed by atoms with Crippen LogP contribution in [-0.4, -0.2) is 29.0 Å². The summed E-state index contributed by atoms with van der Waals surface area (Å²) < 4.78 is 0. The number of anilines is 1. The molecule has 1 atom stereocenters. The monoisotopic (exact) mass is 259 g/mol. The van der Waals surface area contributed by atoms with Gasteiger partial charge in [-0.15, -0.1) is 0 Å². The third kappa shape index (κ3) is 3.08. The van der Waals surface area contributed by atoms with Crippen LogP contribution in [0.15, 0.2) is 18.3 Å². The first-order valence-electron chi connectivity index (χ1n) is 7.69. The quantitative estimate of drug-likeness (QED) is 0.878. The maximum atomic E-state index is 4.58. The summed E-state index contributed by atoms with van der Waals surface area (Å²) in [7, 11) is 0. The van der Waals surface area contributed by atoms with Crippen LogP contribution in [0.1, 0.15) is 51.1 Å².